The highest BCUT2D eigenvalue weighted by Gasteiger charge is 2.14. The summed E-state index contributed by atoms with van der Waals surface area (Å²) in [6.45, 7) is 0. The summed E-state index contributed by atoms with van der Waals surface area (Å²) in [5.41, 5.74) is 2.67. The number of aromatic amines is 1. The van der Waals surface area contributed by atoms with Crippen LogP contribution in [-0.2, 0) is 0 Å². The number of aldehydes is 1. The molecule has 2 heterocycles. The van der Waals surface area contributed by atoms with Gasteiger partial charge in [0, 0.05) is 16.5 Å². The fraction of sp³-hybridized carbons (Fsp3) is 0. The number of fused-ring (bicyclic) bond motifs is 1. The van der Waals surface area contributed by atoms with Gasteiger partial charge >= 0.3 is 0 Å². The first-order valence-corrected chi connectivity index (χ1v) is 6.69. The zero-order chi connectivity index (χ0) is 13.4. The van der Waals surface area contributed by atoms with Gasteiger partial charge in [-0.1, -0.05) is 11.6 Å². The molecular formula is C14H7ClN2OS. The molecule has 92 valence electrons. The maximum Gasteiger partial charge on any atom is 0.152 e. The van der Waals surface area contributed by atoms with Gasteiger partial charge in [0.25, 0.3) is 0 Å². The fourth-order valence-corrected chi connectivity index (χ4v) is 3.11. The molecule has 0 atom stereocenters. The number of rotatable bonds is 2. The number of benzene rings is 1. The maximum atomic E-state index is 11.4. The first-order valence-electron chi connectivity index (χ1n) is 5.49. The molecule has 0 aliphatic heterocycles. The van der Waals surface area contributed by atoms with Crippen molar-refractivity contribution in [3.05, 3.63) is 45.8 Å². The summed E-state index contributed by atoms with van der Waals surface area (Å²) in [6, 6.07) is 11.0. The molecule has 0 amide bonds. The number of H-pyrrole nitrogens is 1. The topological polar surface area (TPSA) is 56.6 Å². The Balaban J connectivity index is 2.32. The van der Waals surface area contributed by atoms with Crippen LogP contribution in [0.1, 0.15) is 15.9 Å². The summed E-state index contributed by atoms with van der Waals surface area (Å²) in [4.78, 5) is 15.5. The van der Waals surface area contributed by atoms with Crippen molar-refractivity contribution in [2.75, 3.05) is 0 Å². The second-order valence-corrected chi connectivity index (χ2v) is 5.72. The van der Waals surface area contributed by atoms with Crippen molar-refractivity contribution in [1.29, 1.82) is 5.26 Å². The Morgan fingerprint density at radius 3 is 2.79 bits per heavy atom. The fourth-order valence-electron chi connectivity index (χ4n) is 2.05. The number of halogens is 1. The van der Waals surface area contributed by atoms with Crippen molar-refractivity contribution in [1.82, 2.24) is 4.98 Å². The smallest absolute Gasteiger partial charge is 0.152 e. The van der Waals surface area contributed by atoms with E-state index >= 15 is 0 Å². The molecule has 3 nitrogen and oxygen atoms in total. The average molecular weight is 287 g/mol. The van der Waals surface area contributed by atoms with Gasteiger partial charge in [0.05, 0.1) is 26.5 Å². The monoisotopic (exact) mass is 286 g/mol. The molecular weight excluding hydrogens is 280 g/mol. The molecule has 0 saturated heterocycles. The molecule has 19 heavy (non-hydrogen) atoms. The van der Waals surface area contributed by atoms with E-state index in [1.807, 2.05) is 6.07 Å². The number of nitriles is 1. The van der Waals surface area contributed by atoms with Crippen molar-refractivity contribution in [3.8, 4) is 16.6 Å². The normalized spacial score (nSPS) is 10.5. The van der Waals surface area contributed by atoms with Crippen LogP contribution in [0.5, 0.6) is 0 Å². The van der Waals surface area contributed by atoms with Gasteiger partial charge in [-0.05, 0) is 30.3 Å². The van der Waals surface area contributed by atoms with Crippen LogP contribution in [-0.4, -0.2) is 11.3 Å². The van der Waals surface area contributed by atoms with Gasteiger partial charge in [-0.2, -0.15) is 5.26 Å². The summed E-state index contributed by atoms with van der Waals surface area (Å²) in [7, 11) is 0. The van der Waals surface area contributed by atoms with E-state index < -0.39 is 0 Å². The number of nitrogens with zero attached hydrogens (tertiary/aromatic N) is 1. The minimum Gasteiger partial charge on any atom is -0.353 e. The van der Waals surface area contributed by atoms with E-state index in [1.54, 1.807) is 24.3 Å². The third-order valence-electron chi connectivity index (χ3n) is 2.91. The van der Waals surface area contributed by atoms with Crippen LogP contribution in [0.25, 0.3) is 21.5 Å². The summed E-state index contributed by atoms with van der Waals surface area (Å²) in [6.07, 6.45) is 0.808. The van der Waals surface area contributed by atoms with E-state index in [-0.39, 0.29) is 0 Å². The lowest BCUT2D eigenvalue weighted by Gasteiger charge is -1.93. The zero-order valence-corrected chi connectivity index (χ0v) is 11.2. The van der Waals surface area contributed by atoms with Crippen molar-refractivity contribution in [2.45, 2.75) is 0 Å². The highest BCUT2D eigenvalue weighted by molar-refractivity contribution is 7.19. The molecule has 3 rings (SSSR count). The Morgan fingerprint density at radius 1 is 1.32 bits per heavy atom. The number of carbonyl (C=O) groups is 1. The molecule has 0 bridgehead atoms. The van der Waals surface area contributed by atoms with E-state index in [0.29, 0.717) is 15.5 Å². The minimum atomic E-state index is 0.533. The molecule has 0 aliphatic rings. The van der Waals surface area contributed by atoms with Gasteiger partial charge in [-0.25, -0.2) is 0 Å². The largest absolute Gasteiger partial charge is 0.353 e. The SMILES string of the molecule is N#Cc1ccc2[nH]c(-c3ccc(Cl)s3)c(C=O)c2c1. The molecule has 5 heteroatoms. The quantitative estimate of drug-likeness (QED) is 0.717. The van der Waals surface area contributed by atoms with Crippen LogP contribution in [0.4, 0.5) is 0 Å². The highest BCUT2D eigenvalue weighted by atomic mass is 35.5. The van der Waals surface area contributed by atoms with Gasteiger partial charge < -0.3 is 4.98 Å². The van der Waals surface area contributed by atoms with E-state index in [2.05, 4.69) is 11.1 Å². The standard InChI is InChI=1S/C14H7ClN2OS/c15-13-4-3-12(19-13)14-10(7-18)9-5-8(6-16)1-2-11(9)17-14/h1-5,7,17H. The van der Waals surface area contributed by atoms with Crippen LogP contribution >= 0.6 is 22.9 Å². The summed E-state index contributed by atoms with van der Waals surface area (Å²) in [5.74, 6) is 0. The molecule has 0 fully saturated rings. The molecule has 0 radical (unpaired) electrons. The molecule has 0 aliphatic carbocycles. The molecule has 1 N–H and O–H groups in total. The maximum absolute atomic E-state index is 11.4. The van der Waals surface area contributed by atoms with Crippen LogP contribution in [0.15, 0.2) is 30.3 Å². The second kappa shape index (κ2) is 4.54. The number of thiophene rings is 1. The Bertz CT molecular complexity index is 826. The Hall–Kier alpha value is -2.09. The predicted molar refractivity (Wildman–Crippen MR) is 76.7 cm³/mol. The second-order valence-electron chi connectivity index (χ2n) is 4.01. The van der Waals surface area contributed by atoms with Crippen LogP contribution in [0.3, 0.4) is 0 Å². The van der Waals surface area contributed by atoms with E-state index in [4.69, 9.17) is 16.9 Å². The van der Waals surface area contributed by atoms with Gasteiger partial charge in [-0.3, -0.25) is 4.79 Å². The summed E-state index contributed by atoms with van der Waals surface area (Å²) in [5, 5.41) is 9.68. The highest BCUT2D eigenvalue weighted by Crippen LogP contribution is 2.35. The first-order chi connectivity index (χ1) is 9.22. The van der Waals surface area contributed by atoms with Gasteiger partial charge in [0.15, 0.2) is 6.29 Å². The number of hydrogen-bond donors (Lipinski definition) is 1. The Morgan fingerprint density at radius 2 is 2.16 bits per heavy atom. The molecule has 0 unspecified atom stereocenters. The number of hydrogen-bond acceptors (Lipinski definition) is 3. The third-order valence-corrected chi connectivity index (χ3v) is 4.15. The predicted octanol–water partition coefficient (Wildman–Crippen LogP) is 4.23. The zero-order valence-electron chi connectivity index (χ0n) is 9.61. The Labute approximate surface area is 118 Å². The lowest BCUT2D eigenvalue weighted by Crippen LogP contribution is -1.81. The van der Waals surface area contributed by atoms with Crippen LogP contribution in [0, 0.1) is 11.3 Å². The first kappa shape index (κ1) is 12.0. The van der Waals surface area contributed by atoms with Gasteiger partial charge in [-0.15, -0.1) is 11.3 Å². The van der Waals surface area contributed by atoms with Crippen molar-refractivity contribution < 1.29 is 4.79 Å². The molecule has 2 aromatic heterocycles. The van der Waals surface area contributed by atoms with E-state index in [1.165, 1.54) is 11.3 Å². The van der Waals surface area contributed by atoms with Gasteiger partial charge in [0.2, 0.25) is 0 Å². The number of carbonyl (C=O) groups excluding carboxylic acids is 1. The Kier molecular flexibility index (Phi) is 2.86. The average Bonchev–Trinajstić information content (AvgIpc) is 3.00. The lowest BCUT2D eigenvalue weighted by molar-refractivity contribution is 0.112. The lowest BCUT2D eigenvalue weighted by atomic mass is 10.1. The van der Waals surface area contributed by atoms with Crippen LogP contribution < -0.4 is 0 Å². The van der Waals surface area contributed by atoms with Crippen molar-refractivity contribution in [3.63, 3.8) is 0 Å². The number of aromatic nitrogens is 1. The number of nitrogens with one attached hydrogen (secondary N) is 1. The van der Waals surface area contributed by atoms with Crippen molar-refractivity contribution in [2.24, 2.45) is 0 Å². The molecule has 0 spiro atoms. The van der Waals surface area contributed by atoms with E-state index in [0.717, 1.165) is 27.8 Å². The molecule has 0 saturated carbocycles. The van der Waals surface area contributed by atoms with Crippen LogP contribution in [0.2, 0.25) is 4.34 Å². The van der Waals surface area contributed by atoms with Gasteiger partial charge in [0.1, 0.15) is 0 Å². The summed E-state index contributed by atoms with van der Waals surface area (Å²) >= 11 is 7.33. The third kappa shape index (κ3) is 1.93. The molecule has 1 aromatic carbocycles. The van der Waals surface area contributed by atoms with Crippen molar-refractivity contribution >= 4 is 40.1 Å². The molecule has 3 aromatic rings. The minimum absolute atomic E-state index is 0.533. The summed E-state index contributed by atoms with van der Waals surface area (Å²) < 4.78 is 0.670. The van der Waals surface area contributed by atoms with E-state index in [9.17, 15) is 4.79 Å².